The Labute approximate surface area is 183 Å². The van der Waals surface area contributed by atoms with Crippen LogP contribution in [-0.4, -0.2) is 51.8 Å². The summed E-state index contributed by atoms with van der Waals surface area (Å²) >= 11 is 0. The Morgan fingerprint density at radius 2 is 1.94 bits per heavy atom. The van der Waals surface area contributed by atoms with Gasteiger partial charge in [-0.15, -0.1) is 0 Å². The van der Waals surface area contributed by atoms with Gasteiger partial charge in [0.25, 0.3) is 0 Å². The van der Waals surface area contributed by atoms with Crippen LogP contribution in [0, 0.1) is 17.8 Å². The molecule has 0 spiro atoms. The number of fused-ring (bicyclic) bond motifs is 1. The first-order chi connectivity index (χ1) is 14.8. The zero-order valence-corrected chi connectivity index (χ0v) is 18.5. The fraction of sp³-hybridized carbons (Fsp3) is 0.520. The van der Waals surface area contributed by atoms with Gasteiger partial charge in [0.15, 0.2) is 0 Å². The summed E-state index contributed by atoms with van der Waals surface area (Å²) in [5.74, 6) is -1.79. The van der Waals surface area contributed by atoms with Gasteiger partial charge in [-0.1, -0.05) is 49.3 Å². The molecule has 2 amide bonds. The number of aromatic hydroxyl groups is 1. The van der Waals surface area contributed by atoms with E-state index in [9.17, 15) is 24.9 Å². The Kier molecular flexibility index (Phi) is 7.34. The molecule has 3 N–H and O–H groups in total. The van der Waals surface area contributed by atoms with Gasteiger partial charge in [0.2, 0.25) is 11.8 Å². The summed E-state index contributed by atoms with van der Waals surface area (Å²) < 4.78 is 0. The summed E-state index contributed by atoms with van der Waals surface area (Å²) in [5.41, 5.74) is 3.56. The van der Waals surface area contributed by atoms with Gasteiger partial charge in [0.1, 0.15) is 5.75 Å². The molecule has 6 nitrogen and oxygen atoms in total. The van der Waals surface area contributed by atoms with E-state index >= 15 is 0 Å². The number of rotatable bonds is 8. The van der Waals surface area contributed by atoms with E-state index in [1.807, 2.05) is 32.1 Å². The number of para-hydroxylation sites is 1. The summed E-state index contributed by atoms with van der Waals surface area (Å²) in [7, 11) is 1.50. The first kappa shape index (κ1) is 23.2. The molecular formula is C25H33NO5. The second-order valence-electron chi connectivity index (χ2n) is 8.54. The molecule has 0 radical (unpaired) electrons. The fourth-order valence-corrected chi connectivity index (χ4v) is 5.11. The maximum atomic E-state index is 12.7. The van der Waals surface area contributed by atoms with Gasteiger partial charge in [-0.25, -0.2) is 0 Å². The molecule has 1 saturated heterocycles. The quantitative estimate of drug-likeness (QED) is 0.437. The number of phenolic OH excluding ortho intramolecular Hbond substituents is 1. The molecule has 31 heavy (non-hydrogen) atoms. The average Bonchev–Trinajstić information content (AvgIpc) is 3.00. The number of carbonyl (C=O) groups is 2. The minimum atomic E-state index is -0.791. The van der Waals surface area contributed by atoms with Crippen molar-refractivity contribution < 1.29 is 24.9 Å². The van der Waals surface area contributed by atoms with E-state index in [1.54, 1.807) is 12.1 Å². The molecule has 1 fully saturated rings. The lowest BCUT2D eigenvalue weighted by Crippen LogP contribution is -2.39. The Hall–Kier alpha value is -2.44. The normalized spacial score (nSPS) is 25.3. The lowest BCUT2D eigenvalue weighted by atomic mass is 9.67. The summed E-state index contributed by atoms with van der Waals surface area (Å²) in [5, 5.41) is 31.3. The van der Waals surface area contributed by atoms with Crippen LogP contribution in [0.1, 0.15) is 51.5 Å². The molecule has 0 bridgehead atoms. The van der Waals surface area contributed by atoms with Crippen LogP contribution in [0.25, 0.3) is 6.08 Å². The minimum absolute atomic E-state index is 0.188. The first-order valence-electron chi connectivity index (χ1n) is 11.1. The highest BCUT2D eigenvalue weighted by Gasteiger charge is 2.53. The molecule has 1 aromatic rings. The average molecular weight is 428 g/mol. The summed E-state index contributed by atoms with van der Waals surface area (Å²) in [6.07, 6.45) is 4.17. The number of carbonyl (C=O) groups excluding carboxylic acids is 2. The molecule has 1 aromatic carbocycles. The van der Waals surface area contributed by atoms with E-state index < -0.39 is 23.9 Å². The molecule has 168 valence electrons. The van der Waals surface area contributed by atoms with Crippen molar-refractivity contribution >= 4 is 17.9 Å². The molecule has 3 rings (SSSR count). The van der Waals surface area contributed by atoms with E-state index in [-0.39, 0.29) is 24.2 Å². The van der Waals surface area contributed by atoms with E-state index in [0.717, 1.165) is 28.7 Å². The monoisotopic (exact) mass is 427 g/mol. The van der Waals surface area contributed by atoms with Crippen molar-refractivity contribution in [2.45, 2.75) is 52.1 Å². The van der Waals surface area contributed by atoms with Crippen molar-refractivity contribution in [3.05, 3.63) is 46.5 Å². The lowest BCUT2D eigenvalue weighted by molar-refractivity contribution is -0.138. The van der Waals surface area contributed by atoms with Gasteiger partial charge in [-0.05, 0) is 43.7 Å². The highest BCUT2D eigenvalue weighted by molar-refractivity contribution is 6.05. The van der Waals surface area contributed by atoms with Crippen LogP contribution in [-0.2, 0) is 9.59 Å². The Bertz CT molecular complexity index is 903. The number of nitrogens with zero attached hydrogens (tertiary/aromatic N) is 1. The van der Waals surface area contributed by atoms with Crippen LogP contribution in [0.3, 0.4) is 0 Å². The molecule has 4 atom stereocenters. The third-order valence-corrected chi connectivity index (χ3v) is 6.88. The molecule has 0 aromatic heterocycles. The van der Waals surface area contributed by atoms with Crippen LogP contribution >= 0.6 is 0 Å². The van der Waals surface area contributed by atoms with Gasteiger partial charge in [-0.2, -0.15) is 0 Å². The maximum Gasteiger partial charge on any atom is 0.233 e. The summed E-state index contributed by atoms with van der Waals surface area (Å²) in [6.45, 7) is 3.75. The third kappa shape index (κ3) is 4.46. The van der Waals surface area contributed by atoms with Crippen molar-refractivity contribution in [2.75, 3.05) is 13.7 Å². The van der Waals surface area contributed by atoms with E-state index in [2.05, 4.69) is 0 Å². The summed E-state index contributed by atoms with van der Waals surface area (Å²) in [4.78, 5) is 26.4. The number of likely N-dealkylation sites (tertiary alicyclic amines) is 1. The number of benzene rings is 1. The third-order valence-electron chi connectivity index (χ3n) is 6.88. The molecule has 2 aliphatic rings. The van der Waals surface area contributed by atoms with Crippen molar-refractivity contribution in [3.8, 4) is 5.75 Å². The van der Waals surface area contributed by atoms with E-state index in [1.165, 1.54) is 11.9 Å². The van der Waals surface area contributed by atoms with Crippen LogP contribution in [0.15, 0.2) is 41.0 Å². The Morgan fingerprint density at radius 3 is 2.55 bits per heavy atom. The number of phenols is 1. The van der Waals surface area contributed by atoms with Gasteiger partial charge >= 0.3 is 0 Å². The molecular weight excluding hydrogens is 394 g/mol. The number of hydrogen-bond acceptors (Lipinski definition) is 5. The minimum Gasteiger partial charge on any atom is -0.507 e. The number of aliphatic hydroxyl groups excluding tert-OH is 2. The zero-order valence-electron chi connectivity index (χ0n) is 18.5. The second kappa shape index (κ2) is 9.79. The van der Waals surface area contributed by atoms with Crippen LogP contribution in [0.2, 0.25) is 0 Å². The van der Waals surface area contributed by atoms with Gasteiger partial charge in [-0.3, -0.25) is 14.5 Å². The first-order valence-corrected chi connectivity index (χ1v) is 11.1. The van der Waals surface area contributed by atoms with Crippen molar-refractivity contribution in [1.29, 1.82) is 0 Å². The fourth-order valence-electron chi connectivity index (χ4n) is 5.11. The van der Waals surface area contributed by atoms with E-state index in [0.29, 0.717) is 25.7 Å². The largest absolute Gasteiger partial charge is 0.507 e. The van der Waals surface area contributed by atoms with Crippen LogP contribution in [0.4, 0.5) is 0 Å². The van der Waals surface area contributed by atoms with Gasteiger partial charge in [0, 0.05) is 18.5 Å². The molecule has 1 aliphatic carbocycles. The highest BCUT2D eigenvalue weighted by Crippen LogP contribution is 2.46. The number of aliphatic hydroxyl groups is 2. The Balaban J connectivity index is 1.82. The second-order valence-corrected chi connectivity index (χ2v) is 8.54. The van der Waals surface area contributed by atoms with Crippen LogP contribution in [0.5, 0.6) is 5.75 Å². The van der Waals surface area contributed by atoms with Crippen LogP contribution < -0.4 is 0 Å². The van der Waals surface area contributed by atoms with Crippen molar-refractivity contribution in [3.63, 3.8) is 0 Å². The number of hydrogen-bond donors (Lipinski definition) is 3. The zero-order chi connectivity index (χ0) is 22.7. The van der Waals surface area contributed by atoms with Crippen molar-refractivity contribution in [1.82, 2.24) is 4.90 Å². The van der Waals surface area contributed by atoms with E-state index in [4.69, 9.17) is 0 Å². The number of allylic oxidation sites excluding steroid dienone is 2. The molecule has 6 heteroatoms. The molecule has 1 heterocycles. The predicted octanol–water partition coefficient (Wildman–Crippen LogP) is 3.28. The van der Waals surface area contributed by atoms with Gasteiger partial charge in [0.05, 0.1) is 24.5 Å². The van der Waals surface area contributed by atoms with Gasteiger partial charge < -0.3 is 15.3 Å². The topological polar surface area (TPSA) is 98.1 Å². The standard InChI is InChI=1S/C25H33NO5/c1-4-15(12-17-8-6-7-9-20(17)28)10-11-21(29)22-16(5-2)13-18-23(19(22)14-27)25(31)26(3)24(18)30/h6-9,12,18-19,21,23,27-29H,4-5,10-11,13-14H2,1-3H3/b15-12+/t18-,19+,21-,23-/m1/s1. The molecule has 1 aliphatic heterocycles. The SMILES string of the molecule is CCC1=C([C@H](O)CC/C(=C/c2ccccc2O)CC)[C@H](CO)[C@@H]2C(=O)N(C)C(=O)[C@@H]2C1. The Morgan fingerprint density at radius 1 is 1.23 bits per heavy atom. The smallest absolute Gasteiger partial charge is 0.233 e. The number of imide groups is 1. The number of amides is 2. The highest BCUT2D eigenvalue weighted by atomic mass is 16.3. The molecule has 0 unspecified atom stereocenters. The van der Waals surface area contributed by atoms with Crippen molar-refractivity contribution in [2.24, 2.45) is 17.8 Å². The summed E-state index contributed by atoms with van der Waals surface area (Å²) in [6, 6.07) is 7.14. The maximum absolute atomic E-state index is 12.7. The predicted molar refractivity (Wildman–Crippen MR) is 119 cm³/mol. The lowest BCUT2D eigenvalue weighted by Gasteiger charge is -2.36. The molecule has 0 saturated carbocycles.